The number of hydrogen-bond acceptors (Lipinski definition) is 4. The first kappa shape index (κ1) is 71.3. The first-order chi connectivity index (χ1) is 53.7. The summed E-state index contributed by atoms with van der Waals surface area (Å²) in [5.74, 6) is 0. The Labute approximate surface area is 661 Å². The van der Waals surface area contributed by atoms with Crippen LogP contribution in [0, 0.1) is 11.3 Å². The van der Waals surface area contributed by atoms with Crippen LogP contribution in [0.2, 0.25) is 0 Å². The number of benzene rings is 14. The zero-order chi connectivity index (χ0) is 77.7. The number of nitrogens with zero attached hydrogens (tertiary/aromatic N) is 6. The van der Waals surface area contributed by atoms with Crippen LogP contribution in [0.5, 0.6) is 0 Å². The van der Waals surface area contributed by atoms with E-state index < -0.39 is 5.41 Å². The maximum Gasteiger partial charge on any atom is 0.252 e. The number of fused-ring (bicyclic) bond motifs is 10. The van der Waals surface area contributed by atoms with E-state index in [1.807, 2.05) is 0 Å². The zero-order valence-electron chi connectivity index (χ0n) is 67.1. The van der Waals surface area contributed by atoms with Crippen molar-refractivity contribution in [3.8, 4) is 50.8 Å². The molecule has 14 aromatic carbocycles. The van der Waals surface area contributed by atoms with Crippen LogP contribution in [0.25, 0.3) is 88.4 Å². The average Bonchev–Trinajstić information content (AvgIpc) is 1.13. The van der Waals surface area contributed by atoms with E-state index in [4.69, 9.17) is 0 Å². The molecule has 2 aromatic heterocycles. The SMILES string of the molecule is CC(C)(C)c1ccc2c(c1)c1cc(C(C)(C)C)ccc1n2-c1ccc2c(c1)N(c1ccccc1-c1ccccc1)c1cc(-c3cc(N(c4ccccc4)c4ccccc4)c(C(C)(C)C)cc3C#N)cc3c1B2c1ccc(-n2c4ccc(C(C)(C)C)cc4c4cc(C(C)(C)C)ccc42)cc1N3c1ccccc1-c1ccccc1. The second-order valence-electron chi connectivity index (χ2n) is 36.2. The van der Waals surface area contributed by atoms with E-state index >= 15 is 0 Å². The lowest BCUT2D eigenvalue weighted by Gasteiger charge is -2.45. The molecule has 0 aliphatic carbocycles. The molecular weight excluding hydrogens is 1360 g/mol. The fraction of sp³-hybridized carbons (Fsp3) is 0.190. The van der Waals surface area contributed by atoms with Crippen molar-refractivity contribution < 1.29 is 0 Å². The van der Waals surface area contributed by atoms with E-state index in [9.17, 15) is 5.26 Å². The fourth-order valence-electron chi connectivity index (χ4n) is 17.7. The number of hydrogen-bond donors (Lipinski definition) is 0. The van der Waals surface area contributed by atoms with E-state index in [1.165, 1.54) is 54.7 Å². The van der Waals surface area contributed by atoms with Gasteiger partial charge in [0, 0.05) is 83.7 Å². The van der Waals surface area contributed by atoms with Gasteiger partial charge in [0.05, 0.1) is 50.8 Å². The van der Waals surface area contributed by atoms with Crippen molar-refractivity contribution in [2.45, 2.75) is 131 Å². The van der Waals surface area contributed by atoms with Crippen molar-refractivity contribution in [1.82, 2.24) is 9.13 Å². The minimum atomic E-state index is -0.394. The van der Waals surface area contributed by atoms with E-state index in [-0.39, 0.29) is 28.4 Å². The molecule has 18 rings (SSSR count). The molecule has 6 nitrogen and oxygen atoms in total. The molecule has 0 bridgehead atoms. The normalized spacial score (nSPS) is 13.1. The summed E-state index contributed by atoms with van der Waals surface area (Å²) in [6.07, 6.45) is 0. The number of para-hydroxylation sites is 4. The summed E-state index contributed by atoms with van der Waals surface area (Å²) in [5, 5.41) is 17.1. The fourth-order valence-corrected chi connectivity index (χ4v) is 17.7. The van der Waals surface area contributed by atoms with Gasteiger partial charge in [0.2, 0.25) is 0 Å². The Bertz CT molecular complexity index is 5990. The molecule has 0 unspecified atom stereocenters. The third kappa shape index (κ3) is 12.0. The van der Waals surface area contributed by atoms with E-state index in [1.54, 1.807) is 0 Å². The smallest absolute Gasteiger partial charge is 0.252 e. The molecular formula is C105H95BN6. The molecule has 0 atom stereocenters. The quantitative estimate of drug-likeness (QED) is 0.128. The lowest BCUT2D eigenvalue weighted by atomic mass is 9.33. The summed E-state index contributed by atoms with van der Waals surface area (Å²) in [6, 6.07) is 117. The first-order valence-electron chi connectivity index (χ1n) is 39.7. The Balaban J connectivity index is 1.00. The second-order valence-corrected chi connectivity index (χ2v) is 36.2. The lowest BCUT2D eigenvalue weighted by molar-refractivity contribution is 0.590. The Kier molecular flexibility index (Phi) is 16.8. The summed E-state index contributed by atoms with van der Waals surface area (Å²) >= 11 is 0. The third-order valence-corrected chi connectivity index (χ3v) is 23.7. The topological polar surface area (TPSA) is 43.4 Å². The van der Waals surface area contributed by atoms with Gasteiger partial charge in [0.25, 0.3) is 6.71 Å². The van der Waals surface area contributed by atoms with Gasteiger partial charge in [0.1, 0.15) is 0 Å². The highest BCUT2D eigenvalue weighted by atomic mass is 15.2. The minimum Gasteiger partial charge on any atom is -0.311 e. The number of nitriles is 1. The van der Waals surface area contributed by atoms with Gasteiger partial charge < -0.3 is 23.8 Å². The molecule has 2 aliphatic rings. The molecule has 16 aromatic rings. The Morgan fingerprint density at radius 1 is 0.295 bits per heavy atom. The molecule has 0 saturated heterocycles. The molecule has 2 aliphatic heterocycles. The molecule has 7 heteroatoms. The highest BCUT2D eigenvalue weighted by Crippen LogP contribution is 2.53. The maximum absolute atomic E-state index is 12.2. The van der Waals surface area contributed by atoms with Gasteiger partial charge in [-0.25, -0.2) is 0 Å². The molecule has 0 saturated carbocycles. The van der Waals surface area contributed by atoms with Gasteiger partial charge >= 0.3 is 0 Å². The Morgan fingerprint density at radius 3 is 0.991 bits per heavy atom. The summed E-state index contributed by atoms with van der Waals surface area (Å²) in [5.41, 5.74) is 31.8. The first-order valence-corrected chi connectivity index (χ1v) is 39.7. The van der Waals surface area contributed by atoms with E-state index in [2.05, 4.69) is 437 Å². The third-order valence-electron chi connectivity index (χ3n) is 23.7. The molecule has 112 heavy (non-hydrogen) atoms. The second kappa shape index (κ2) is 26.4. The molecule has 0 spiro atoms. The summed E-state index contributed by atoms with van der Waals surface area (Å²) in [4.78, 5) is 7.57. The number of aromatic nitrogens is 2. The van der Waals surface area contributed by atoms with Crippen LogP contribution in [0.15, 0.2) is 303 Å². The predicted molar refractivity (Wildman–Crippen MR) is 478 cm³/mol. The monoisotopic (exact) mass is 1450 g/mol. The van der Waals surface area contributed by atoms with E-state index in [0.29, 0.717) is 5.56 Å². The van der Waals surface area contributed by atoms with Crippen LogP contribution < -0.4 is 31.1 Å². The van der Waals surface area contributed by atoms with Crippen LogP contribution in [-0.2, 0) is 27.1 Å². The highest BCUT2D eigenvalue weighted by molar-refractivity contribution is 7.00. The van der Waals surface area contributed by atoms with Crippen molar-refractivity contribution in [2.75, 3.05) is 14.7 Å². The molecule has 0 N–H and O–H groups in total. The minimum absolute atomic E-state index is 0.0762. The zero-order valence-corrected chi connectivity index (χ0v) is 67.1. The van der Waals surface area contributed by atoms with Crippen LogP contribution in [0.4, 0.5) is 51.2 Å². The Hall–Kier alpha value is -12.4. The molecule has 0 amide bonds. The summed E-state index contributed by atoms with van der Waals surface area (Å²) in [6.45, 7) is 34.3. The summed E-state index contributed by atoms with van der Waals surface area (Å²) in [7, 11) is 0. The van der Waals surface area contributed by atoms with Gasteiger partial charge in [0.15, 0.2) is 0 Å². The van der Waals surface area contributed by atoms with E-state index in [0.717, 1.165) is 129 Å². The van der Waals surface area contributed by atoms with Crippen molar-refractivity contribution in [3.05, 3.63) is 337 Å². The largest absolute Gasteiger partial charge is 0.311 e. The van der Waals surface area contributed by atoms with Crippen LogP contribution >= 0.6 is 0 Å². The number of anilines is 9. The van der Waals surface area contributed by atoms with Gasteiger partial charge in [-0.1, -0.05) is 274 Å². The van der Waals surface area contributed by atoms with Crippen molar-refractivity contribution in [3.63, 3.8) is 0 Å². The molecule has 4 heterocycles. The summed E-state index contributed by atoms with van der Waals surface area (Å²) < 4.78 is 5.05. The molecule has 0 radical (unpaired) electrons. The molecule has 0 fully saturated rings. The van der Waals surface area contributed by atoms with Gasteiger partial charge in [-0.05, 0) is 221 Å². The van der Waals surface area contributed by atoms with Crippen LogP contribution in [-0.4, -0.2) is 15.8 Å². The predicted octanol–water partition coefficient (Wildman–Crippen LogP) is 26.8. The maximum atomic E-state index is 12.2. The van der Waals surface area contributed by atoms with Crippen molar-refractivity contribution in [1.29, 1.82) is 5.26 Å². The van der Waals surface area contributed by atoms with Crippen molar-refractivity contribution >= 4 is 118 Å². The lowest BCUT2D eigenvalue weighted by Crippen LogP contribution is -2.61. The highest BCUT2D eigenvalue weighted by Gasteiger charge is 2.46. The van der Waals surface area contributed by atoms with Gasteiger partial charge in [-0.3, -0.25) is 0 Å². The standard InChI is InChI=1S/C105H95BN6/c1-101(2,3)71-44-52-91-82(59-71)83-60-72(102(4,5)6)45-53-92(83)109(91)77-48-50-87-96(63-77)111(89-42-30-28-40-79(89)67-32-20-16-21-33-67)98-57-69(81-65-95(86(105(13,14)15)56-70(81)66-107)108(75-36-24-18-25-37-75)76-38-26-19-27-39-76)58-99-100(98)106(87)88-51-49-78(64-97(88)112(99)90-43-31-29-41-80(90)68-34-22-17-23-35-68)110-93-54-46-73(103(7,8)9)61-84(93)85-62-74(104(10,11)12)47-55-94(85)110/h16-65H,1-15H3. The Morgan fingerprint density at radius 2 is 0.643 bits per heavy atom. The van der Waals surface area contributed by atoms with Crippen LogP contribution in [0.1, 0.15) is 137 Å². The van der Waals surface area contributed by atoms with Crippen molar-refractivity contribution in [2.24, 2.45) is 0 Å². The van der Waals surface area contributed by atoms with Gasteiger partial charge in [-0.2, -0.15) is 5.26 Å². The van der Waals surface area contributed by atoms with Gasteiger partial charge in [-0.15, -0.1) is 0 Å². The van der Waals surface area contributed by atoms with Crippen LogP contribution in [0.3, 0.4) is 0 Å². The number of rotatable bonds is 10. The average molecular weight is 1450 g/mol. The molecule has 548 valence electrons.